The van der Waals surface area contributed by atoms with E-state index < -0.39 is 6.09 Å². The first-order valence-corrected chi connectivity index (χ1v) is 4.73. The van der Waals surface area contributed by atoms with Gasteiger partial charge in [0.2, 0.25) is 0 Å². The van der Waals surface area contributed by atoms with Crippen molar-refractivity contribution in [1.82, 2.24) is 9.78 Å². The number of hydrogen-bond donors (Lipinski definition) is 1. The molecule has 0 unspecified atom stereocenters. The highest BCUT2D eigenvalue weighted by molar-refractivity contribution is 5.77. The lowest BCUT2D eigenvalue weighted by atomic mass is 10.3. The monoisotopic (exact) mass is 228 g/mol. The first-order chi connectivity index (χ1) is 8.22. The number of aromatic nitrogens is 2. The molecule has 0 aliphatic rings. The molecule has 1 heterocycles. The summed E-state index contributed by atoms with van der Waals surface area (Å²) in [5.74, 6) is 0.347. The predicted octanol–water partition coefficient (Wildman–Crippen LogP) is 1.38. The Morgan fingerprint density at radius 2 is 2.12 bits per heavy atom. The Kier molecular flexibility index (Phi) is 2.75. The molecular formula is C11H8N4O2. The zero-order valence-corrected chi connectivity index (χ0v) is 8.70. The fraction of sp³-hybridized carbons (Fsp3) is 0. The summed E-state index contributed by atoms with van der Waals surface area (Å²) in [7, 11) is 0. The van der Waals surface area contributed by atoms with Crippen LogP contribution < -0.4 is 10.5 Å². The van der Waals surface area contributed by atoms with E-state index in [0.29, 0.717) is 5.75 Å². The number of benzene rings is 1. The molecule has 0 saturated carbocycles. The van der Waals surface area contributed by atoms with Crippen molar-refractivity contribution in [3.05, 3.63) is 42.1 Å². The second-order valence-corrected chi connectivity index (χ2v) is 3.15. The Labute approximate surface area is 96.8 Å². The van der Waals surface area contributed by atoms with Gasteiger partial charge in [-0.15, -0.1) is 4.68 Å². The van der Waals surface area contributed by atoms with Gasteiger partial charge in [-0.3, -0.25) is 0 Å². The van der Waals surface area contributed by atoms with Gasteiger partial charge in [0.05, 0.1) is 6.20 Å². The summed E-state index contributed by atoms with van der Waals surface area (Å²) in [6.07, 6.45) is 0.455. The van der Waals surface area contributed by atoms with Gasteiger partial charge < -0.3 is 10.5 Å². The van der Waals surface area contributed by atoms with Crippen LogP contribution in [0.1, 0.15) is 5.56 Å². The number of ether oxygens (including phenoxy) is 1. The zero-order valence-electron chi connectivity index (χ0n) is 8.70. The molecule has 1 aromatic carbocycles. The maximum atomic E-state index is 11.7. The van der Waals surface area contributed by atoms with Crippen molar-refractivity contribution in [3.8, 4) is 11.8 Å². The zero-order chi connectivity index (χ0) is 12.3. The smallest absolute Gasteiger partial charge is 0.409 e. The van der Waals surface area contributed by atoms with Crippen LogP contribution in [0.15, 0.2) is 36.5 Å². The van der Waals surface area contributed by atoms with Crippen molar-refractivity contribution < 1.29 is 9.53 Å². The Balaban J connectivity index is 2.21. The van der Waals surface area contributed by atoms with E-state index >= 15 is 0 Å². The van der Waals surface area contributed by atoms with Gasteiger partial charge in [-0.25, -0.2) is 4.79 Å². The second kappa shape index (κ2) is 4.37. The summed E-state index contributed by atoms with van der Waals surface area (Å²) in [6, 6.07) is 10.3. The average Bonchev–Trinajstić information content (AvgIpc) is 2.71. The molecule has 0 atom stereocenters. The number of carbonyl (C=O) groups excluding carboxylic acids is 1. The van der Waals surface area contributed by atoms with E-state index in [-0.39, 0.29) is 11.4 Å². The van der Waals surface area contributed by atoms with Gasteiger partial charge in [0.15, 0.2) is 5.82 Å². The fourth-order valence-corrected chi connectivity index (χ4v) is 1.22. The summed E-state index contributed by atoms with van der Waals surface area (Å²) >= 11 is 0. The molecule has 6 nitrogen and oxygen atoms in total. The Hall–Kier alpha value is -2.81. The number of para-hydroxylation sites is 1. The third-order valence-electron chi connectivity index (χ3n) is 2.05. The third-order valence-corrected chi connectivity index (χ3v) is 2.05. The minimum Gasteiger partial charge on any atom is -0.409 e. The molecule has 2 N–H and O–H groups in total. The molecule has 6 heteroatoms. The van der Waals surface area contributed by atoms with Crippen molar-refractivity contribution in [2.75, 3.05) is 5.73 Å². The largest absolute Gasteiger partial charge is 0.442 e. The van der Waals surface area contributed by atoms with Gasteiger partial charge in [-0.2, -0.15) is 10.4 Å². The number of nitrogen functional groups attached to an aromatic ring is 1. The van der Waals surface area contributed by atoms with Gasteiger partial charge in [-0.05, 0) is 12.1 Å². The van der Waals surface area contributed by atoms with Crippen molar-refractivity contribution in [2.24, 2.45) is 0 Å². The van der Waals surface area contributed by atoms with E-state index in [1.807, 2.05) is 6.07 Å². The summed E-state index contributed by atoms with van der Waals surface area (Å²) in [6.45, 7) is 0. The molecule has 0 aliphatic carbocycles. The minimum atomic E-state index is -0.754. The quantitative estimate of drug-likeness (QED) is 0.795. The van der Waals surface area contributed by atoms with E-state index in [4.69, 9.17) is 15.7 Å². The van der Waals surface area contributed by atoms with Gasteiger partial charge in [0, 0.05) is 0 Å². The molecule has 0 bridgehead atoms. The van der Waals surface area contributed by atoms with Crippen molar-refractivity contribution in [2.45, 2.75) is 0 Å². The lowest BCUT2D eigenvalue weighted by molar-refractivity contribution is 0.199. The Bertz CT molecular complexity index is 583. The van der Waals surface area contributed by atoms with Crippen LogP contribution in [0.5, 0.6) is 5.75 Å². The highest BCUT2D eigenvalue weighted by atomic mass is 16.6. The number of nitrogens with two attached hydrogens (primary N) is 1. The fourth-order valence-electron chi connectivity index (χ4n) is 1.22. The standard InChI is InChI=1S/C11H8N4O2/c12-6-8-7-14-15(10(8)13)11(16)17-9-4-2-1-3-5-9/h1-5,7H,13H2. The molecule has 0 fully saturated rings. The number of nitriles is 1. The average molecular weight is 228 g/mol. The maximum absolute atomic E-state index is 11.7. The highest BCUT2D eigenvalue weighted by Crippen LogP contribution is 2.13. The summed E-state index contributed by atoms with van der Waals surface area (Å²) in [4.78, 5) is 11.7. The van der Waals surface area contributed by atoms with Crippen molar-refractivity contribution in [1.29, 1.82) is 5.26 Å². The number of hydrogen-bond acceptors (Lipinski definition) is 5. The van der Waals surface area contributed by atoms with Gasteiger partial charge in [-0.1, -0.05) is 18.2 Å². The van der Waals surface area contributed by atoms with Crippen molar-refractivity contribution >= 4 is 11.9 Å². The van der Waals surface area contributed by atoms with Crippen LogP contribution in [-0.4, -0.2) is 15.9 Å². The first-order valence-electron chi connectivity index (χ1n) is 4.73. The van der Waals surface area contributed by atoms with Crippen LogP contribution >= 0.6 is 0 Å². The number of anilines is 1. The summed E-state index contributed by atoms with van der Waals surface area (Å²) in [5, 5.41) is 12.3. The molecular weight excluding hydrogens is 220 g/mol. The lowest BCUT2D eigenvalue weighted by Gasteiger charge is -2.04. The van der Waals surface area contributed by atoms with E-state index in [9.17, 15) is 4.79 Å². The van der Waals surface area contributed by atoms with Crippen LogP contribution in [0.3, 0.4) is 0 Å². The Morgan fingerprint density at radius 1 is 1.41 bits per heavy atom. The molecule has 84 valence electrons. The van der Waals surface area contributed by atoms with Gasteiger partial charge in [0.25, 0.3) is 0 Å². The molecule has 17 heavy (non-hydrogen) atoms. The van der Waals surface area contributed by atoms with Gasteiger partial charge >= 0.3 is 6.09 Å². The Morgan fingerprint density at radius 3 is 2.71 bits per heavy atom. The molecule has 2 rings (SSSR count). The highest BCUT2D eigenvalue weighted by Gasteiger charge is 2.15. The van der Waals surface area contributed by atoms with Crippen LogP contribution in [-0.2, 0) is 0 Å². The topological polar surface area (TPSA) is 93.9 Å². The van der Waals surface area contributed by atoms with E-state index in [2.05, 4.69) is 5.10 Å². The number of nitrogens with zero attached hydrogens (tertiary/aromatic N) is 3. The lowest BCUT2D eigenvalue weighted by Crippen LogP contribution is -2.20. The molecule has 2 aromatic rings. The number of rotatable bonds is 1. The summed E-state index contributed by atoms with van der Waals surface area (Å²) in [5.41, 5.74) is 5.68. The van der Waals surface area contributed by atoms with Crippen LogP contribution in [0.25, 0.3) is 0 Å². The normalized spacial score (nSPS) is 9.59. The molecule has 0 saturated heterocycles. The number of carbonyl (C=O) groups is 1. The first kappa shape index (κ1) is 10.7. The van der Waals surface area contributed by atoms with Crippen LogP contribution in [0.2, 0.25) is 0 Å². The van der Waals surface area contributed by atoms with Crippen molar-refractivity contribution in [3.63, 3.8) is 0 Å². The molecule has 1 aromatic heterocycles. The summed E-state index contributed by atoms with van der Waals surface area (Å²) < 4.78 is 5.85. The predicted molar refractivity (Wildman–Crippen MR) is 59.2 cm³/mol. The SMILES string of the molecule is N#Cc1cnn(C(=O)Oc2ccccc2)c1N. The molecule has 0 aliphatic heterocycles. The molecule has 0 spiro atoms. The van der Waals surface area contributed by atoms with E-state index in [1.165, 1.54) is 6.20 Å². The van der Waals surface area contributed by atoms with E-state index in [1.54, 1.807) is 30.3 Å². The molecule has 0 radical (unpaired) electrons. The third kappa shape index (κ3) is 2.08. The van der Waals surface area contributed by atoms with Gasteiger partial charge in [0.1, 0.15) is 17.4 Å². The minimum absolute atomic E-state index is 0.0339. The van der Waals surface area contributed by atoms with Crippen LogP contribution in [0.4, 0.5) is 10.6 Å². The van der Waals surface area contributed by atoms with Crippen LogP contribution in [0, 0.1) is 11.3 Å². The van der Waals surface area contributed by atoms with E-state index in [0.717, 1.165) is 4.68 Å². The molecule has 0 amide bonds. The maximum Gasteiger partial charge on any atom is 0.442 e. The second-order valence-electron chi connectivity index (χ2n) is 3.15.